The molecular formula is C16H21FN2O3. The molecule has 1 aliphatic heterocycles. The summed E-state index contributed by atoms with van der Waals surface area (Å²) in [5, 5.41) is 0. The van der Waals surface area contributed by atoms with Crippen molar-refractivity contribution >= 4 is 12.0 Å². The molecule has 1 saturated heterocycles. The molecule has 2 N–H and O–H groups in total. The summed E-state index contributed by atoms with van der Waals surface area (Å²) in [5.74, 6) is -1.18. The fourth-order valence-corrected chi connectivity index (χ4v) is 2.65. The predicted octanol–water partition coefficient (Wildman–Crippen LogP) is 2.61. The lowest BCUT2D eigenvalue weighted by atomic mass is 9.93. The zero-order valence-electron chi connectivity index (χ0n) is 13.0. The summed E-state index contributed by atoms with van der Waals surface area (Å²) >= 11 is 0. The van der Waals surface area contributed by atoms with Crippen LogP contribution in [0.25, 0.3) is 0 Å². The first-order chi connectivity index (χ1) is 10.2. The molecular weight excluding hydrogens is 287 g/mol. The Bertz CT molecular complexity index is 583. The van der Waals surface area contributed by atoms with Gasteiger partial charge in [-0.15, -0.1) is 0 Å². The van der Waals surface area contributed by atoms with Crippen molar-refractivity contribution < 1.29 is 18.7 Å². The van der Waals surface area contributed by atoms with Gasteiger partial charge in [-0.2, -0.15) is 0 Å². The maximum absolute atomic E-state index is 14.1. The van der Waals surface area contributed by atoms with Gasteiger partial charge < -0.3 is 10.5 Å². The quantitative estimate of drug-likeness (QED) is 0.911. The zero-order valence-corrected chi connectivity index (χ0v) is 13.0. The van der Waals surface area contributed by atoms with Gasteiger partial charge in [0.25, 0.3) is 0 Å². The first-order valence-electron chi connectivity index (χ1n) is 7.24. The first-order valence-corrected chi connectivity index (χ1v) is 7.24. The van der Waals surface area contributed by atoms with E-state index in [0.29, 0.717) is 0 Å². The van der Waals surface area contributed by atoms with E-state index in [1.807, 2.05) is 0 Å². The molecule has 0 radical (unpaired) electrons. The van der Waals surface area contributed by atoms with Crippen molar-refractivity contribution in [2.75, 3.05) is 6.54 Å². The van der Waals surface area contributed by atoms with Crippen molar-refractivity contribution in [1.82, 2.24) is 4.90 Å². The van der Waals surface area contributed by atoms with Crippen molar-refractivity contribution in [3.05, 3.63) is 35.6 Å². The van der Waals surface area contributed by atoms with Gasteiger partial charge in [0.15, 0.2) is 0 Å². The number of ether oxygens (including phenoxy) is 1. The van der Waals surface area contributed by atoms with Crippen molar-refractivity contribution in [1.29, 1.82) is 0 Å². The Labute approximate surface area is 129 Å². The molecule has 0 saturated carbocycles. The lowest BCUT2D eigenvalue weighted by Crippen LogP contribution is -2.40. The summed E-state index contributed by atoms with van der Waals surface area (Å²) < 4.78 is 19.4. The van der Waals surface area contributed by atoms with Gasteiger partial charge >= 0.3 is 6.09 Å². The van der Waals surface area contributed by atoms with Crippen molar-refractivity contribution in [2.45, 2.75) is 38.8 Å². The van der Waals surface area contributed by atoms with Crippen LogP contribution < -0.4 is 5.73 Å². The van der Waals surface area contributed by atoms with Crippen LogP contribution in [0.4, 0.5) is 9.18 Å². The maximum atomic E-state index is 14.1. The fraction of sp³-hybridized carbons (Fsp3) is 0.500. The lowest BCUT2D eigenvalue weighted by Gasteiger charge is -2.29. The van der Waals surface area contributed by atoms with E-state index in [1.54, 1.807) is 39.0 Å². The Hall–Kier alpha value is -1.95. The fourth-order valence-electron chi connectivity index (χ4n) is 2.65. The largest absolute Gasteiger partial charge is 0.443 e. The SMILES string of the molecule is CC(C)(C)OC(=O)N1C(=O)CC(CN)C1c1ccccc1F. The molecule has 120 valence electrons. The summed E-state index contributed by atoms with van der Waals surface area (Å²) in [6.07, 6.45) is -0.656. The van der Waals surface area contributed by atoms with Crippen LogP contribution in [-0.2, 0) is 9.53 Å². The molecule has 1 heterocycles. The maximum Gasteiger partial charge on any atom is 0.417 e. The number of rotatable bonds is 2. The smallest absolute Gasteiger partial charge is 0.417 e. The Balaban J connectivity index is 2.39. The van der Waals surface area contributed by atoms with Gasteiger partial charge in [0.05, 0.1) is 6.04 Å². The average molecular weight is 308 g/mol. The molecule has 1 aliphatic rings. The highest BCUT2D eigenvalue weighted by molar-refractivity contribution is 5.94. The molecule has 5 nitrogen and oxygen atoms in total. The standard InChI is InChI=1S/C16H21FN2O3/c1-16(2,3)22-15(21)19-13(20)8-10(9-18)14(19)11-6-4-5-7-12(11)17/h4-7,10,14H,8-9,18H2,1-3H3. The van der Waals surface area contributed by atoms with Crippen LogP contribution in [0.2, 0.25) is 0 Å². The van der Waals surface area contributed by atoms with Crippen LogP contribution in [0.5, 0.6) is 0 Å². The molecule has 2 rings (SSSR count). The van der Waals surface area contributed by atoms with Gasteiger partial charge in [0.1, 0.15) is 11.4 Å². The van der Waals surface area contributed by atoms with E-state index < -0.39 is 29.5 Å². The Kier molecular flexibility index (Phi) is 4.51. The third-order valence-electron chi connectivity index (χ3n) is 3.55. The summed E-state index contributed by atoms with van der Waals surface area (Å²) in [7, 11) is 0. The molecule has 2 unspecified atom stereocenters. The number of amides is 2. The van der Waals surface area contributed by atoms with E-state index in [0.717, 1.165) is 4.90 Å². The highest BCUT2D eigenvalue weighted by Gasteiger charge is 2.46. The van der Waals surface area contributed by atoms with Gasteiger partial charge in [-0.3, -0.25) is 4.79 Å². The number of nitrogens with zero attached hydrogens (tertiary/aromatic N) is 1. The van der Waals surface area contributed by atoms with Gasteiger partial charge in [0, 0.05) is 17.9 Å². The molecule has 0 aromatic heterocycles. The van der Waals surface area contributed by atoms with Gasteiger partial charge in [-0.1, -0.05) is 18.2 Å². The number of hydrogen-bond acceptors (Lipinski definition) is 4. The number of nitrogens with two attached hydrogens (primary N) is 1. The van der Waals surface area contributed by atoms with E-state index in [2.05, 4.69) is 0 Å². The number of likely N-dealkylation sites (tertiary alicyclic amines) is 1. The number of carbonyl (C=O) groups is 2. The average Bonchev–Trinajstić information content (AvgIpc) is 2.74. The Morgan fingerprint density at radius 3 is 2.59 bits per heavy atom. The number of benzene rings is 1. The van der Waals surface area contributed by atoms with Crippen LogP contribution in [0, 0.1) is 11.7 Å². The molecule has 0 bridgehead atoms. The Morgan fingerprint density at radius 2 is 2.05 bits per heavy atom. The van der Waals surface area contributed by atoms with E-state index >= 15 is 0 Å². The van der Waals surface area contributed by atoms with Crippen LogP contribution in [0.3, 0.4) is 0 Å². The van der Waals surface area contributed by atoms with Gasteiger partial charge in [0.2, 0.25) is 5.91 Å². The summed E-state index contributed by atoms with van der Waals surface area (Å²) in [6, 6.07) is 5.37. The summed E-state index contributed by atoms with van der Waals surface area (Å²) in [5.41, 5.74) is 5.26. The summed E-state index contributed by atoms with van der Waals surface area (Å²) in [4.78, 5) is 25.6. The van der Waals surface area contributed by atoms with E-state index in [1.165, 1.54) is 6.07 Å². The minimum Gasteiger partial charge on any atom is -0.443 e. The second kappa shape index (κ2) is 6.04. The molecule has 0 spiro atoms. The van der Waals surface area contributed by atoms with Crippen LogP contribution in [0.15, 0.2) is 24.3 Å². The van der Waals surface area contributed by atoms with Gasteiger partial charge in [-0.05, 0) is 33.4 Å². The number of hydrogen-bond donors (Lipinski definition) is 1. The molecule has 2 amide bonds. The van der Waals surface area contributed by atoms with E-state index in [9.17, 15) is 14.0 Å². The second-order valence-electron chi connectivity index (χ2n) is 6.41. The van der Waals surface area contributed by atoms with Crippen molar-refractivity contribution in [3.63, 3.8) is 0 Å². The van der Waals surface area contributed by atoms with Crippen molar-refractivity contribution in [2.24, 2.45) is 11.7 Å². The third-order valence-corrected chi connectivity index (χ3v) is 3.55. The van der Waals surface area contributed by atoms with Gasteiger partial charge in [-0.25, -0.2) is 14.1 Å². The Morgan fingerprint density at radius 1 is 1.41 bits per heavy atom. The topological polar surface area (TPSA) is 72.6 Å². The normalized spacial score (nSPS) is 22.0. The third kappa shape index (κ3) is 3.27. The minimum absolute atomic E-state index is 0.106. The molecule has 0 aliphatic carbocycles. The van der Waals surface area contributed by atoms with Crippen LogP contribution >= 0.6 is 0 Å². The summed E-state index contributed by atoms with van der Waals surface area (Å²) in [6.45, 7) is 5.32. The predicted molar refractivity (Wildman–Crippen MR) is 79.4 cm³/mol. The van der Waals surface area contributed by atoms with E-state index in [4.69, 9.17) is 10.5 Å². The molecule has 2 atom stereocenters. The van der Waals surface area contributed by atoms with Crippen LogP contribution in [0.1, 0.15) is 38.8 Å². The van der Waals surface area contributed by atoms with E-state index in [-0.39, 0.29) is 24.4 Å². The highest BCUT2D eigenvalue weighted by Crippen LogP contribution is 2.39. The zero-order chi connectivity index (χ0) is 16.5. The first kappa shape index (κ1) is 16.4. The highest BCUT2D eigenvalue weighted by atomic mass is 19.1. The minimum atomic E-state index is -0.762. The molecule has 22 heavy (non-hydrogen) atoms. The van der Waals surface area contributed by atoms with Crippen LogP contribution in [-0.4, -0.2) is 29.0 Å². The number of carbonyl (C=O) groups excluding carboxylic acids is 2. The monoisotopic (exact) mass is 308 g/mol. The molecule has 6 heteroatoms. The van der Waals surface area contributed by atoms with Crippen molar-refractivity contribution in [3.8, 4) is 0 Å². The number of halogens is 1. The lowest BCUT2D eigenvalue weighted by molar-refractivity contribution is -0.128. The molecule has 1 fully saturated rings. The number of imide groups is 1. The second-order valence-corrected chi connectivity index (χ2v) is 6.41. The molecule has 1 aromatic rings. The molecule has 1 aromatic carbocycles.